The lowest BCUT2D eigenvalue weighted by Crippen LogP contribution is -2.36. The number of aromatic nitrogens is 4. The number of ether oxygens (including phenoxy) is 1. The standard InChI is InChI=1S/C20H21N7O2/c1-14-23-17(13-18(24-14)27-9-11-29-12-10-27)25-15-3-5-16(6-4-15)26-20(28)19-21-7-2-8-22-19/h2-8,13H,9-12H2,1H3,(H,26,28)(H,23,24,25). The number of carbonyl (C=O) groups excluding carboxylic acids is 1. The maximum atomic E-state index is 12.1. The Morgan fingerprint density at radius 1 is 1.03 bits per heavy atom. The van der Waals surface area contributed by atoms with Crippen molar-refractivity contribution in [1.82, 2.24) is 19.9 Å². The Bertz CT molecular complexity index is 974. The van der Waals surface area contributed by atoms with Crippen LogP contribution in [0.1, 0.15) is 16.4 Å². The molecule has 1 saturated heterocycles. The monoisotopic (exact) mass is 391 g/mol. The topological polar surface area (TPSA) is 105 Å². The quantitative estimate of drug-likeness (QED) is 0.683. The minimum absolute atomic E-state index is 0.127. The summed E-state index contributed by atoms with van der Waals surface area (Å²) in [5.41, 5.74) is 1.51. The molecule has 0 unspecified atom stereocenters. The molecule has 9 nitrogen and oxygen atoms in total. The van der Waals surface area contributed by atoms with Crippen molar-refractivity contribution in [1.29, 1.82) is 0 Å². The van der Waals surface area contributed by atoms with Crippen molar-refractivity contribution < 1.29 is 9.53 Å². The molecule has 3 heterocycles. The largest absolute Gasteiger partial charge is 0.378 e. The van der Waals surface area contributed by atoms with Crippen LogP contribution >= 0.6 is 0 Å². The van der Waals surface area contributed by atoms with E-state index in [1.165, 1.54) is 12.4 Å². The molecule has 0 spiro atoms. The summed E-state index contributed by atoms with van der Waals surface area (Å²) < 4.78 is 5.41. The highest BCUT2D eigenvalue weighted by molar-refractivity contribution is 6.01. The summed E-state index contributed by atoms with van der Waals surface area (Å²) in [4.78, 5) is 31.2. The van der Waals surface area contributed by atoms with Crippen molar-refractivity contribution in [2.75, 3.05) is 41.8 Å². The zero-order chi connectivity index (χ0) is 20.1. The van der Waals surface area contributed by atoms with Gasteiger partial charge in [0.1, 0.15) is 17.5 Å². The van der Waals surface area contributed by atoms with E-state index < -0.39 is 0 Å². The Kier molecular flexibility index (Phi) is 5.57. The van der Waals surface area contributed by atoms with E-state index in [2.05, 4.69) is 35.5 Å². The van der Waals surface area contributed by atoms with Gasteiger partial charge in [0, 0.05) is 42.9 Å². The van der Waals surface area contributed by atoms with Gasteiger partial charge in [0.05, 0.1) is 13.2 Å². The zero-order valence-electron chi connectivity index (χ0n) is 16.0. The predicted molar refractivity (Wildman–Crippen MR) is 110 cm³/mol. The third kappa shape index (κ3) is 4.82. The molecule has 1 aromatic carbocycles. The number of anilines is 4. The minimum Gasteiger partial charge on any atom is -0.378 e. The number of morpholine rings is 1. The summed E-state index contributed by atoms with van der Waals surface area (Å²) in [6.07, 6.45) is 3.06. The Morgan fingerprint density at radius 3 is 2.45 bits per heavy atom. The summed E-state index contributed by atoms with van der Waals surface area (Å²) in [6, 6.07) is 10.9. The van der Waals surface area contributed by atoms with Gasteiger partial charge in [-0.3, -0.25) is 4.79 Å². The van der Waals surface area contributed by atoms with Crippen LogP contribution < -0.4 is 15.5 Å². The fourth-order valence-corrected chi connectivity index (χ4v) is 2.96. The average Bonchev–Trinajstić information content (AvgIpc) is 2.76. The smallest absolute Gasteiger partial charge is 0.293 e. The lowest BCUT2D eigenvalue weighted by atomic mass is 10.2. The summed E-state index contributed by atoms with van der Waals surface area (Å²) in [5, 5.41) is 6.06. The number of benzene rings is 1. The van der Waals surface area contributed by atoms with Crippen LogP contribution in [0, 0.1) is 6.92 Å². The van der Waals surface area contributed by atoms with Crippen molar-refractivity contribution >= 4 is 28.9 Å². The van der Waals surface area contributed by atoms with Crippen molar-refractivity contribution in [2.24, 2.45) is 0 Å². The van der Waals surface area contributed by atoms with Crippen molar-refractivity contribution in [3.8, 4) is 0 Å². The molecular weight excluding hydrogens is 370 g/mol. The molecular formula is C20H21N7O2. The highest BCUT2D eigenvalue weighted by Gasteiger charge is 2.14. The van der Waals surface area contributed by atoms with Gasteiger partial charge in [-0.1, -0.05) is 0 Å². The van der Waals surface area contributed by atoms with Crippen LogP contribution in [0.15, 0.2) is 48.8 Å². The number of carbonyl (C=O) groups is 1. The molecule has 1 amide bonds. The highest BCUT2D eigenvalue weighted by atomic mass is 16.5. The van der Waals surface area contributed by atoms with Crippen LogP contribution in [0.4, 0.5) is 23.0 Å². The molecule has 3 aromatic rings. The summed E-state index contributed by atoms with van der Waals surface area (Å²) in [6.45, 7) is 4.91. The first kappa shape index (κ1) is 18.8. The number of hydrogen-bond acceptors (Lipinski definition) is 8. The molecule has 2 N–H and O–H groups in total. The molecule has 9 heteroatoms. The maximum absolute atomic E-state index is 12.1. The molecule has 4 rings (SSSR count). The molecule has 0 saturated carbocycles. The summed E-state index contributed by atoms with van der Waals surface area (Å²) in [5.74, 6) is 2.07. The predicted octanol–water partition coefficient (Wildman–Crippen LogP) is 2.41. The molecule has 2 aromatic heterocycles. The third-order valence-electron chi connectivity index (χ3n) is 4.34. The molecule has 0 atom stereocenters. The molecule has 0 radical (unpaired) electrons. The van der Waals surface area contributed by atoms with Crippen LogP contribution in [0.3, 0.4) is 0 Å². The van der Waals surface area contributed by atoms with Crippen LogP contribution in [0.5, 0.6) is 0 Å². The minimum atomic E-state index is -0.354. The Morgan fingerprint density at radius 2 is 1.72 bits per heavy atom. The number of aryl methyl sites for hydroxylation is 1. The van der Waals surface area contributed by atoms with Gasteiger partial charge in [-0.15, -0.1) is 0 Å². The number of amides is 1. The molecule has 1 fully saturated rings. The van der Waals surface area contributed by atoms with Gasteiger partial charge < -0.3 is 20.3 Å². The third-order valence-corrected chi connectivity index (χ3v) is 4.34. The molecule has 1 aliphatic rings. The first-order valence-electron chi connectivity index (χ1n) is 9.31. The van der Waals surface area contributed by atoms with Gasteiger partial charge in [0.15, 0.2) is 0 Å². The van der Waals surface area contributed by atoms with Crippen LogP contribution in [0.2, 0.25) is 0 Å². The molecule has 1 aliphatic heterocycles. The average molecular weight is 391 g/mol. The second-order valence-electron chi connectivity index (χ2n) is 6.49. The second kappa shape index (κ2) is 8.61. The van der Waals surface area contributed by atoms with E-state index >= 15 is 0 Å². The van der Waals surface area contributed by atoms with E-state index in [0.717, 1.165) is 24.6 Å². The Balaban J connectivity index is 1.43. The first-order chi connectivity index (χ1) is 14.2. The number of hydrogen-bond donors (Lipinski definition) is 2. The maximum Gasteiger partial charge on any atom is 0.293 e. The van der Waals surface area contributed by atoms with Crippen molar-refractivity contribution in [3.63, 3.8) is 0 Å². The summed E-state index contributed by atoms with van der Waals surface area (Å²) in [7, 11) is 0. The second-order valence-corrected chi connectivity index (χ2v) is 6.49. The number of nitrogens with zero attached hydrogens (tertiary/aromatic N) is 5. The summed E-state index contributed by atoms with van der Waals surface area (Å²) >= 11 is 0. The fraction of sp³-hybridized carbons (Fsp3) is 0.250. The van der Waals surface area contributed by atoms with E-state index in [1.807, 2.05) is 25.1 Å². The molecule has 148 valence electrons. The van der Waals surface area contributed by atoms with Gasteiger partial charge in [0.25, 0.3) is 5.91 Å². The first-order valence-corrected chi connectivity index (χ1v) is 9.31. The fourth-order valence-electron chi connectivity index (χ4n) is 2.96. The van der Waals surface area contributed by atoms with Crippen molar-refractivity contribution in [3.05, 3.63) is 60.4 Å². The lowest BCUT2D eigenvalue weighted by molar-refractivity contribution is 0.101. The molecule has 29 heavy (non-hydrogen) atoms. The number of nitrogens with one attached hydrogen (secondary N) is 2. The van der Waals surface area contributed by atoms with E-state index in [1.54, 1.807) is 18.2 Å². The van der Waals surface area contributed by atoms with E-state index in [4.69, 9.17) is 4.74 Å². The van der Waals surface area contributed by atoms with Gasteiger partial charge in [-0.05, 0) is 37.3 Å². The van der Waals surface area contributed by atoms with Gasteiger partial charge in [-0.25, -0.2) is 19.9 Å². The van der Waals surface area contributed by atoms with Gasteiger partial charge in [0.2, 0.25) is 5.82 Å². The van der Waals surface area contributed by atoms with Gasteiger partial charge in [-0.2, -0.15) is 0 Å². The normalized spacial score (nSPS) is 13.8. The van der Waals surface area contributed by atoms with Crippen LogP contribution in [-0.2, 0) is 4.74 Å². The molecule has 0 aliphatic carbocycles. The van der Waals surface area contributed by atoms with E-state index in [0.29, 0.717) is 30.5 Å². The highest BCUT2D eigenvalue weighted by Crippen LogP contribution is 2.22. The van der Waals surface area contributed by atoms with Gasteiger partial charge >= 0.3 is 0 Å². The van der Waals surface area contributed by atoms with Crippen LogP contribution in [-0.4, -0.2) is 52.1 Å². The SMILES string of the molecule is Cc1nc(Nc2ccc(NC(=O)c3ncccn3)cc2)cc(N2CCOCC2)n1. The number of rotatable bonds is 5. The Labute approximate surface area is 168 Å². The van der Waals surface area contributed by atoms with Crippen LogP contribution in [0.25, 0.3) is 0 Å². The van der Waals surface area contributed by atoms with E-state index in [9.17, 15) is 4.79 Å². The zero-order valence-corrected chi connectivity index (χ0v) is 16.0. The van der Waals surface area contributed by atoms with Crippen molar-refractivity contribution in [2.45, 2.75) is 6.92 Å². The lowest BCUT2D eigenvalue weighted by Gasteiger charge is -2.28. The Hall–Kier alpha value is -3.59. The molecule has 0 bridgehead atoms. The van der Waals surface area contributed by atoms with E-state index in [-0.39, 0.29) is 11.7 Å².